The van der Waals surface area contributed by atoms with E-state index in [-0.39, 0.29) is 47.8 Å². The summed E-state index contributed by atoms with van der Waals surface area (Å²) in [6, 6.07) is 23.3. The molecule has 0 amide bonds. The van der Waals surface area contributed by atoms with Crippen LogP contribution in [-0.4, -0.2) is 98.7 Å². The van der Waals surface area contributed by atoms with Crippen molar-refractivity contribution in [2.24, 2.45) is 0 Å². The fourth-order valence-electron chi connectivity index (χ4n) is 7.70. The number of benzene rings is 5. The zero-order valence-corrected chi connectivity index (χ0v) is 39.0. The van der Waals surface area contributed by atoms with Gasteiger partial charge in [0.25, 0.3) is 11.4 Å². The summed E-state index contributed by atoms with van der Waals surface area (Å²) in [5, 5.41) is 33.3. The van der Waals surface area contributed by atoms with Crippen LogP contribution in [0.3, 0.4) is 0 Å². The van der Waals surface area contributed by atoms with E-state index in [1.54, 1.807) is 21.1 Å². The number of nitrogens with zero attached hydrogens (tertiary/aromatic N) is 3. The monoisotopic (exact) mass is 921 g/mol. The molecule has 0 heterocycles. The van der Waals surface area contributed by atoms with E-state index in [9.17, 15) is 34.5 Å². The molecular formula is C48H66N4O12P+. The van der Waals surface area contributed by atoms with Gasteiger partial charge in [0.15, 0.2) is 6.73 Å². The van der Waals surface area contributed by atoms with Crippen LogP contribution in [0.2, 0.25) is 0 Å². The number of hydrogen-bond acceptors (Lipinski definition) is 12. The van der Waals surface area contributed by atoms with E-state index in [0.717, 1.165) is 95.6 Å². The van der Waals surface area contributed by atoms with Gasteiger partial charge in [0.2, 0.25) is 0 Å². The SMILES string of the molecule is C[N+](C)(C)COP(=O)(O)OCC(COCCCCCCCCCCOCCCCc1ccc2ccc3cccc4ccc1c2c34)OC(=O)CCCCNc1cc([N+](=O)[O-])ccc1[N+](=O)[O-]. The Labute approximate surface area is 381 Å². The van der Waals surface area contributed by atoms with Gasteiger partial charge in [0.1, 0.15) is 11.8 Å². The average Bonchev–Trinajstić information content (AvgIpc) is 3.27. The molecule has 5 rings (SSSR count). The number of anilines is 1. The topological polar surface area (TPSA) is 199 Å². The van der Waals surface area contributed by atoms with Crippen LogP contribution < -0.4 is 5.32 Å². The van der Waals surface area contributed by atoms with Gasteiger partial charge in [-0.1, -0.05) is 93.1 Å². The Balaban J connectivity index is 0.898. The quantitative estimate of drug-likeness (QED) is 0.00589. The van der Waals surface area contributed by atoms with E-state index in [1.165, 1.54) is 44.3 Å². The third-order valence-electron chi connectivity index (χ3n) is 11.1. The van der Waals surface area contributed by atoms with E-state index in [4.69, 9.17) is 23.3 Å². The summed E-state index contributed by atoms with van der Waals surface area (Å²) in [7, 11) is 0.924. The van der Waals surface area contributed by atoms with Gasteiger partial charge in [-0.25, -0.2) is 9.09 Å². The number of ether oxygens (including phenoxy) is 3. The van der Waals surface area contributed by atoms with Crippen LogP contribution in [0.4, 0.5) is 17.1 Å². The van der Waals surface area contributed by atoms with E-state index < -0.39 is 36.3 Å². The van der Waals surface area contributed by atoms with Gasteiger partial charge in [-0.15, -0.1) is 0 Å². The minimum absolute atomic E-state index is 0.00779. The minimum atomic E-state index is -4.43. The van der Waals surface area contributed by atoms with Crippen molar-refractivity contribution in [2.45, 2.75) is 96.0 Å². The lowest BCUT2D eigenvalue weighted by atomic mass is 9.91. The Morgan fingerprint density at radius 1 is 0.708 bits per heavy atom. The molecule has 16 nitrogen and oxygen atoms in total. The summed E-state index contributed by atoms with van der Waals surface area (Å²) in [5.74, 6) is -0.581. The first-order valence-electron chi connectivity index (χ1n) is 22.8. The third kappa shape index (κ3) is 17.2. The number of nitro groups is 2. The highest BCUT2D eigenvalue weighted by atomic mass is 31.2. The zero-order valence-electron chi connectivity index (χ0n) is 38.1. The van der Waals surface area contributed by atoms with Crippen LogP contribution in [0.25, 0.3) is 32.3 Å². The fourth-order valence-corrected chi connectivity index (χ4v) is 8.62. The van der Waals surface area contributed by atoms with E-state index >= 15 is 0 Å². The second kappa shape index (κ2) is 25.8. The van der Waals surface area contributed by atoms with Crippen molar-refractivity contribution < 1.29 is 51.8 Å². The summed E-state index contributed by atoms with van der Waals surface area (Å²) in [5.41, 5.74) is 0.834. The highest BCUT2D eigenvalue weighted by Crippen LogP contribution is 2.43. The summed E-state index contributed by atoms with van der Waals surface area (Å²) in [6.45, 7) is 1.70. The van der Waals surface area contributed by atoms with Crippen molar-refractivity contribution in [1.29, 1.82) is 0 Å². The summed E-state index contributed by atoms with van der Waals surface area (Å²) in [4.78, 5) is 44.1. The number of rotatable bonds is 33. The number of carbonyl (C=O) groups excluding carboxylic acids is 1. The molecule has 0 fully saturated rings. The maximum Gasteiger partial charge on any atom is 0.476 e. The molecule has 0 radical (unpaired) electrons. The van der Waals surface area contributed by atoms with Crippen molar-refractivity contribution in [3.63, 3.8) is 0 Å². The number of hydrogen-bond donors (Lipinski definition) is 2. The van der Waals surface area contributed by atoms with E-state index in [1.807, 2.05) is 0 Å². The maximum absolute atomic E-state index is 12.7. The molecule has 0 bridgehead atoms. The van der Waals surface area contributed by atoms with Crippen molar-refractivity contribution in [1.82, 2.24) is 0 Å². The second-order valence-corrected chi connectivity index (χ2v) is 19.0. The van der Waals surface area contributed by atoms with Crippen LogP contribution in [0, 0.1) is 20.2 Å². The normalized spacial score (nSPS) is 13.4. The Morgan fingerprint density at radius 3 is 1.98 bits per heavy atom. The van der Waals surface area contributed by atoms with Crippen molar-refractivity contribution in [3.05, 3.63) is 98.6 Å². The van der Waals surface area contributed by atoms with Gasteiger partial charge in [-0.3, -0.25) is 29.5 Å². The predicted octanol–water partition coefficient (Wildman–Crippen LogP) is 10.9. The Hall–Kier alpha value is -4.80. The lowest BCUT2D eigenvalue weighted by Crippen LogP contribution is -2.36. The highest BCUT2D eigenvalue weighted by molar-refractivity contribution is 7.47. The van der Waals surface area contributed by atoms with Crippen LogP contribution in [-0.2, 0) is 39.0 Å². The van der Waals surface area contributed by atoms with Gasteiger partial charge in [0.05, 0.1) is 44.2 Å². The molecule has 0 spiro atoms. The Kier molecular flexibility index (Phi) is 20.3. The van der Waals surface area contributed by atoms with Gasteiger partial charge in [-0.2, -0.15) is 0 Å². The van der Waals surface area contributed by atoms with Crippen molar-refractivity contribution in [2.75, 3.05) is 72.8 Å². The smallest absolute Gasteiger partial charge is 0.457 e. The van der Waals surface area contributed by atoms with Gasteiger partial charge >= 0.3 is 13.8 Å². The molecule has 0 aliphatic heterocycles. The van der Waals surface area contributed by atoms with Crippen molar-refractivity contribution in [3.8, 4) is 0 Å². The number of esters is 1. The number of phosphoric acid groups is 1. The van der Waals surface area contributed by atoms with Gasteiger partial charge in [-0.05, 0) is 82.8 Å². The molecule has 2 atom stereocenters. The van der Waals surface area contributed by atoms with Gasteiger partial charge in [0, 0.05) is 51.0 Å². The summed E-state index contributed by atoms with van der Waals surface area (Å²) in [6.07, 6.45) is 11.5. The standard InChI is InChI=1S/C48H65N4O12P/c1-52(2,3)36-63-65(58,59)62-35-42(64-46(53)20-10-12-29-49-44-33-41(50(54)55)26-28-45(44)51(56)57)34-61-32-14-9-7-5-4-6-8-13-30-60-31-15-11-17-37-21-22-40-24-23-38-18-16-19-39-25-27-43(37)48(40)47(38)39/h16,18-19,21-28,33,42,49H,4-15,17,20,29-32,34-36H2,1-3H3/p+1. The molecule has 65 heavy (non-hydrogen) atoms. The predicted molar refractivity (Wildman–Crippen MR) is 253 cm³/mol. The molecule has 2 N–H and O–H groups in total. The number of aryl methyl sites for hydroxylation is 1. The molecule has 5 aromatic rings. The maximum atomic E-state index is 12.7. The average molecular weight is 922 g/mol. The number of carbonyl (C=O) groups is 1. The fraction of sp³-hybridized carbons (Fsp3) is 0.521. The van der Waals surface area contributed by atoms with Crippen LogP contribution >= 0.6 is 7.82 Å². The number of unbranched alkanes of at least 4 members (excludes halogenated alkanes) is 9. The second-order valence-electron chi connectivity index (χ2n) is 17.6. The molecule has 0 aliphatic rings. The summed E-state index contributed by atoms with van der Waals surface area (Å²) >= 11 is 0. The number of nitrogens with one attached hydrogen (secondary N) is 1. The molecule has 0 saturated heterocycles. The van der Waals surface area contributed by atoms with E-state index in [2.05, 4.69) is 59.9 Å². The van der Waals surface area contributed by atoms with Crippen LogP contribution in [0.1, 0.15) is 89.0 Å². The van der Waals surface area contributed by atoms with Crippen LogP contribution in [0.5, 0.6) is 0 Å². The number of phosphoric ester groups is 1. The first-order valence-corrected chi connectivity index (χ1v) is 24.3. The van der Waals surface area contributed by atoms with Gasteiger partial charge < -0.3 is 28.9 Å². The number of quaternary nitrogens is 1. The Morgan fingerprint density at radius 2 is 1.32 bits per heavy atom. The molecule has 0 aliphatic carbocycles. The molecule has 0 aromatic heterocycles. The Bertz CT molecular complexity index is 2320. The zero-order chi connectivity index (χ0) is 46.7. The van der Waals surface area contributed by atoms with E-state index in [0.29, 0.717) is 19.4 Å². The highest BCUT2D eigenvalue weighted by Gasteiger charge is 2.28. The first kappa shape index (κ1) is 51.2. The molecule has 17 heteroatoms. The molecule has 5 aromatic carbocycles. The lowest BCUT2D eigenvalue weighted by Gasteiger charge is -2.25. The first-order chi connectivity index (χ1) is 31.2. The third-order valence-corrected chi connectivity index (χ3v) is 12.0. The van der Waals surface area contributed by atoms with Crippen LogP contribution in [0.15, 0.2) is 72.8 Å². The number of nitro benzene ring substituents is 2. The molecule has 0 saturated carbocycles. The van der Waals surface area contributed by atoms with Crippen molar-refractivity contribution >= 4 is 63.2 Å². The molecule has 2 unspecified atom stereocenters. The molecule has 354 valence electrons. The number of non-ortho nitro benzene ring substituents is 1. The molecular weight excluding hydrogens is 856 g/mol. The largest absolute Gasteiger partial charge is 0.476 e. The summed E-state index contributed by atoms with van der Waals surface area (Å²) < 4.78 is 40.3. The lowest BCUT2D eigenvalue weighted by molar-refractivity contribution is -0.887. The minimum Gasteiger partial charge on any atom is -0.457 e.